The number of hydrogen-bond acceptors (Lipinski definition) is 5. The number of carbonyl (C=O) groups excluding carboxylic acids is 1. The molecule has 2 aromatic heterocycles. The third-order valence-electron chi connectivity index (χ3n) is 4.07. The van der Waals surface area contributed by atoms with Gasteiger partial charge in [0.25, 0.3) is 5.56 Å². The molecule has 26 heavy (non-hydrogen) atoms. The molecule has 0 spiro atoms. The number of nitrogens with zero attached hydrogens (tertiary/aromatic N) is 4. The highest BCUT2D eigenvalue weighted by Gasteiger charge is 2.14. The van der Waals surface area contributed by atoms with E-state index in [1.165, 1.54) is 10.8 Å². The van der Waals surface area contributed by atoms with E-state index in [-0.39, 0.29) is 24.4 Å². The van der Waals surface area contributed by atoms with Gasteiger partial charge in [0, 0.05) is 26.6 Å². The van der Waals surface area contributed by atoms with Gasteiger partial charge in [-0.05, 0) is 19.1 Å². The summed E-state index contributed by atoms with van der Waals surface area (Å²) in [5.74, 6) is 0.415. The van der Waals surface area contributed by atoms with Crippen LogP contribution in [0.4, 0.5) is 0 Å². The first kappa shape index (κ1) is 17.8. The maximum atomic E-state index is 12.8. The number of aryl methyl sites for hydroxylation is 1. The Balaban J connectivity index is 1.85. The van der Waals surface area contributed by atoms with Crippen LogP contribution < -0.4 is 10.9 Å². The highest BCUT2D eigenvalue weighted by Crippen LogP contribution is 2.14. The number of nitrogens with one attached hydrogen (secondary N) is 1. The molecule has 1 amide bonds. The molecule has 0 saturated carbocycles. The van der Waals surface area contributed by atoms with Crippen LogP contribution >= 0.6 is 0 Å². The summed E-state index contributed by atoms with van der Waals surface area (Å²) in [5.41, 5.74) is 1.16. The smallest absolute Gasteiger partial charge is 0.264 e. The Morgan fingerprint density at radius 3 is 2.77 bits per heavy atom. The van der Waals surface area contributed by atoms with Crippen LogP contribution in [0.5, 0.6) is 0 Å². The minimum Gasteiger partial charge on any atom is -0.383 e. The monoisotopic (exact) mass is 355 g/mol. The highest BCUT2D eigenvalue weighted by molar-refractivity contribution is 5.76. The molecule has 0 aliphatic rings. The van der Waals surface area contributed by atoms with Gasteiger partial charge in [-0.15, -0.1) is 0 Å². The average molecular weight is 355 g/mol. The number of fused-ring (bicyclic) bond motifs is 1. The first-order chi connectivity index (χ1) is 12.6. The number of hydrogen-bond donors (Lipinski definition) is 1. The molecular weight excluding hydrogens is 334 g/mol. The van der Waals surface area contributed by atoms with Crippen LogP contribution in [0.1, 0.15) is 12.2 Å². The Labute approximate surface area is 150 Å². The largest absolute Gasteiger partial charge is 0.383 e. The summed E-state index contributed by atoms with van der Waals surface area (Å²) < 4.78 is 8.04. The van der Waals surface area contributed by atoms with E-state index in [4.69, 9.17) is 4.74 Å². The lowest BCUT2D eigenvalue weighted by Gasteiger charge is -2.10. The van der Waals surface area contributed by atoms with E-state index >= 15 is 0 Å². The predicted molar refractivity (Wildman–Crippen MR) is 97.4 cm³/mol. The summed E-state index contributed by atoms with van der Waals surface area (Å²) in [6, 6.07) is 9.52. The molecule has 0 aliphatic heterocycles. The molecule has 1 N–H and O–H groups in total. The Hall–Kier alpha value is -3.00. The van der Waals surface area contributed by atoms with Crippen LogP contribution in [-0.2, 0) is 16.1 Å². The Bertz CT molecular complexity index is 962. The number of para-hydroxylation sites is 1. The van der Waals surface area contributed by atoms with Crippen molar-refractivity contribution in [2.24, 2.45) is 0 Å². The van der Waals surface area contributed by atoms with E-state index in [0.717, 1.165) is 5.69 Å². The van der Waals surface area contributed by atoms with Gasteiger partial charge >= 0.3 is 0 Å². The lowest BCUT2D eigenvalue weighted by atomic mass is 10.3. The average Bonchev–Trinajstić information content (AvgIpc) is 3.06. The van der Waals surface area contributed by atoms with E-state index < -0.39 is 0 Å². The summed E-state index contributed by atoms with van der Waals surface area (Å²) >= 11 is 0. The molecule has 136 valence electrons. The molecule has 3 rings (SSSR count). The highest BCUT2D eigenvalue weighted by atomic mass is 16.5. The molecule has 1 aromatic carbocycles. The SMILES string of the molecule is COCCNC(=O)CCn1c(C)nc2c(cnn2-c2ccccc2)c1=O. The van der Waals surface area contributed by atoms with Gasteiger partial charge in [-0.2, -0.15) is 5.10 Å². The minimum absolute atomic E-state index is 0.131. The van der Waals surface area contributed by atoms with Gasteiger partial charge < -0.3 is 10.1 Å². The number of carbonyl (C=O) groups is 1. The summed E-state index contributed by atoms with van der Waals surface area (Å²) in [7, 11) is 1.57. The third kappa shape index (κ3) is 3.65. The van der Waals surface area contributed by atoms with Crippen molar-refractivity contribution < 1.29 is 9.53 Å². The van der Waals surface area contributed by atoms with Crippen molar-refractivity contribution in [2.45, 2.75) is 19.9 Å². The van der Waals surface area contributed by atoms with Crippen molar-refractivity contribution in [3.05, 3.63) is 52.7 Å². The van der Waals surface area contributed by atoms with Crippen LogP contribution in [0, 0.1) is 6.92 Å². The number of amides is 1. The maximum absolute atomic E-state index is 12.8. The number of benzene rings is 1. The number of methoxy groups -OCH3 is 1. The van der Waals surface area contributed by atoms with E-state index in [0.29, 0.717) is 30.0 Å². The molecule has 0 radical (unpaired) electrons. The Morgan fingerprint density at radius 2 is 2.04 bits per heavy atom. The Kier molecular flexibility index (Phi) is 5.43. The Morgan fingerprint density at radius 1 is 1.27 bits per heavy atom. The second-order valence-electron chi connectivity index (χ2n) is 5.84. The molecule has 0 fully saturated rings. The zero-order valence-corrected chi connectivity index (χ0v) is 14.8. The number of rotatable bonds is 7. The van der Waals surface area contributed by atoms with Gasteiger partial charge in [-0.25, -0.2) is 9.67 Å². The van der Waals surface area contributed by atoms with Crippen LogP contribution in [0.25, 0.3) is 16.7 Å². The van der Waals surface area contributed by atoms with Gasteiger partial charge in [0.2, 0.25) is 5.91 Å². The van der Waals surface area contributed by atoms with Crippen molar-refractivity contribution in [3.8, 4) is 5.69 Å². The standard InChI is InChI=1S/C18H21N5O3/c1-13-21-17-15(12-20-23(17)14-6-4-3-5-7-14)18(25)22(13)10-8-16(24)19-9-11-26-2/h3-7,12H,8-11H2,1-2H3,(H,19,24). The molecule has 0 bridgehead atoms. The lowest BCUT2D eigenvalue weighted by molar-refractivity contribution is -0.121. The lowest BCUT2D eigenvalue weighted by Crippen LogP contribution is -2.30. The van der Waals surface area contributed by atoms with Gasteiger partial charge in [-0.1, -0.05) is 18.2 Å². The second kappa shape index (κ2) is 7.92. The molecule has 2 heterocycles. The summed E-state index contributed by atoms with van der Waals surface area (Å²) in [6.45, 7) is 2.93. The van der Waals surface area contributed by atoms with Gasteiger partial charge in [0.15, 0.2) is 5.65 Å². The van der Waals surface area contributed by atoms with E-state index in [9.17, 15) is 9.59 Å². The van der Waals surface area contributed by atoms with Crippen molar-refractivity contribution in [2.75, 3.05) is 20.3 Å². The summed E-state index contributed by atoms with van der Waals surface area (Å²) in [4.78, 5) is 29.2. The molecular formula is C18H21N5O3. The molecule has 8 heteroatoms. The molecule has 0 atom stereocenters. The fourth-order valence-corrected chi connectivity index (χ4v) is 2.72. The molecule has 0 unspecified atom stereocenters. The zero-order chi connectivity index (χ0) is 18.5. The van der Waals surface area contributed by atoms with Crippen molar-refractivity contribution >= 4 is 16.9 Å². The van der Waals surface area contributed by atoms with Gasteiger partial charge in [0.05, 0.1) is 18.5 Å². The normalized spacial score (nSPS) is 11.0. The summed E-state index contributed by atoms with van der Waals surface area (Å²) in [6.07, 6.45) is 1.72. The molecule has 0 saturated heterocycles. The van der Waals surface area contributed by atoms with Crippen molar-refractivity contribution in [1.82, 2.24) is 24.6 Å². The predicted octanol–water partition coefficient (Wildman–Crippen LogP) is 1.04. The van der Waals surface area contributed by atoms with E-state index in [1.807, 2.05) is 30.3 Å². The fraction of sp³-hybridized carbons (Fsp3) is 0.333. The quantitative estimate of drug-likeness (QED) is 0.640. The number of aromatic nitrogens is 4. The van der Waals surface area contributed by atoms with Crippen LogP contribution in [0.15, 0.2) is 41.3 Å². The van der Waals surface area contributed by atoms with Gasteiger partial charge in [-0.3, -0.25) is 14.2 Å². The number of ether oxygens (including phenoxy) is 1. The topological polar surface area (TPSA) is 91.0 Å². The van der Waals surface area contributed by atoms with Crippen molar-refractivity contribution in [3.63, 3.8) is 0 Å². The zero-order valence-electron chi connectivity index (χ0n) is 14.8. The van der Waals surface area contributed by atoms with Crippen molar-refractivity contribution in [1.29, 1.82) is 0 Å². The maximum Gasteiger partial charge on any atom is 0.264 e. The minimum atomic E-state index is -0.195. The molecule has 8 nitrogen and oxygen atoms in total. The first-order valence-corrected chi connectivity index (χ1v) is 8.38. The van der Waals surface area contributed by atoms with E-state index in [1.54, 1.807) is 18.7 Å². The van der Waals surface area contributed by atoms with Crippen LogP contribution in [0.3, 0.4) is 0 Å². The molecule has 0 aliphatic carbocycles. The summed E-state index contributed by atoms with van der Waals surface area (Å²) in [5, 5.41) is 7.47. The van der Waals surface area contributed by atoms with Crippen LogP contribution in [0.2, 0.25) is 0 Å². The second-order valence-corrected chi connectivity index (χ2v) is 5.84. The third-order valence-corrected chi connectivity index (χ3v) is 4.07. The van der Waals surface area contributed by atoms with Gasteiger partial charge in [0.1, 0.15) is 11.2 Å². The van der Waals surface area contributed by atoms with Crippen LogP contribution in [-0.4, -0.2) is 45.5 Å². The fourth-order valence-electron chi connectivity index (χ4n) is 2.72. The molecule has 3 aromatic rings. The van der Waals surface area contributed by atoms with E-state index in [2.05, 4.69) is 15.4 Å². The first-order valence-electron chi connectivity index (χ1n) is 8.38.